The average Bonchev–Trinajstić information content (AvgIpc) is 2.77. The van der Waals surface area contributed by atoms with Gasteiger partial charge in [-0.1, -0.05) is 24.3 Å². The van der Waals surface area contributed by atoms with E-state index in [-0.39, 0.29) is 18.1 Å². The zero-order valence-electron chi connectivity index (χ0n) is 10.2. The molecule has 1 aromatic carbocycles. The third-order valence-corrected chi connectivity index (χ3v) is 3.91. The van der Waals surface area contributed by atoms with Crippen LogP contribution < -0.4 is 10.6 Å². The zero-order valence-corrected chi connectivity index (χ0v) is 10.2. The van der Waals surface area contributed by atoms with Crippen LogP contribution in [0.4, 0.5) is 0 Å². The van der Waals surface area contributed by atoms with Crippen molar-refractivity contribution in [3.8, 4) is 0 Å². The van der Waals surface area contributed by atoms with Crippen LogP contribution in [0.2, 0.25) is 0 Å². The number of aliphatic hydroxyl groups is 1. The van der Waals surface area contributed by atoms with Crippen LogP contribution in [0, 0.1) is 0 Å². The highest BCUT2D eigenvalue weighted by Gasteiger charge is 2.30. The van der Waals surface area contributed by atoms with Gasteiger partial charge in [-0.05, 0) is 24.0 Å². The number of β-amino-alcohol motifs (C(OH)–C–C–N with tert-alkyl or cyclic N) is 1. The van der Waals surface area contributed by atoms with E-state index in [0.717, 1.165) is 6.42 Å². The number of hydrogen-bond donors (Lipinski definition) is 3. The molecule has 0 aromatic heterocycles. The van der Waals surface area contributed by atoms with Crippen molar-refractivity contribution in [2.45, 2.75) is 30.9 Å². The van der Waals surface area contributed by atoms with Gasteiger partial charge in [0, 0.05) is 19.0 Å². The number of rotatable bonds is 3. The average molecular weight is 246 g/mol. The molecule has 0 saturated carbocycles. The van der Waals surface area contributed by atoms with Gasteiger partial charge in [0.25, 0.3) is 0 Å². The summed E-state index contributed by atoms with van der Waals surface area (Å²) in [6.07, 6.45) is 1.19. The quantitative estimate of drug-likeness (QED) is 0.712. The van der Waals surface area contributed by atoms with Gasteiger partial charge in [0.15, 0.2) is 0 Å². The number of aliphatic hydroxyl groups excluding tert-OH is 1. The molecular weight excluding hydrogens is 228 g/mol. The molecule has 1 aliphatic carbocycles. The zero-order chi connectivity index (χ0) is 12.5. The fourth-order valence-corrected chi connectivity index (χ4v) is 2.81. The van der Waals surface area contributed by atoms with Crippen LogP contribution in [0.25, 0.3) is 0 Å². The van der Waals surface area contributed by atoms with Crippen molar-refractivity contribution in [1.82, 2.24) is 10.6 Å². The third kappa shape index (κ3) is 2.13. The summed E-state index contributed by atoms with van der Waals surface area (Å²) in [5.41, 5.74) is 2.75. The maximum atomic E-state index is 11.9. The minimum Gasteiger partial charge on any atom is -0.392 e. The lowest BCUT2D eigenvalue weighted by Gasteiger charge is -2.30. The lowest BCUT2D eigenvalue weighted by Crippen LogP contribution is -2.43. The lowest BCUT2D eigenvalue weighted by molar-refractivity contribution is -0.123. The summed E-state index contributed by atoms with van der Waals surface area (Å²) in [6, 6.07) is 8.14. The molecule has 1 heterocycles. The second-order valence-corrected chi connectivity index (χ2v) is 5.20. The molecule has 96 valence electrons. The monoisotopic (exact) mass is 246 g/mol. The molecule has 0 radical (unpaired) electrons. The Morgan fingerprint density at radius 3 is 3.00 bits per heavy atom. The Kier molecular flexibility index (Phi) is 3.06. The summed E-state index contributed by atoms with van der Waals surface area (Å²) in [5.74, 6) is 0.465. The predicted octanol–water partition coefficient (Wildman–Crippen LogP) is 0.165. The molecule has 1 aromatic rings. The Morgan fingerprint density at radius 2 is 2.28 bits per heavy atom. The van der Waals surface area contributed by atoms with E-state index in [1.54, 1.807) is 0 Å². The molecule has 4 nitrogen and oxygen atoms in total. The molecule has 0 spiro atoms. The first kappa shape index (κ1) is 11.7. The van der Waals surface area contributed by atoms with Gasteiger partial charge >= 0.3 is 0 Å². The number of amides is 1. The normalized spacial score (nSPS) is 29.5. The van der Waals surface area contributed by atoms with Crippen LogP contribution in [0.1, 0.15) is 23.5 Å². The van der Waals surface area contributed by atoms with Crippen LogP contribution in [-0.4, -0.2) is 36.2 Å². The smallest absolute Gasteiger partial charge is 0.237 e. The van der Waals surface area contributed by atoms with E-state index in [1.807, 2.05) is 6.07 Å². The number of benzene rings is 1. The molecular formula is C14H18N2O2. The van der Waals surface area contributed by atoms with E-state index < -0.39 is 0 Å². The van der Waals surface area contributed by atoms with Crippen molar-refractivity contribution < 1.29 is 9.90 Å². The Morgan fingerprint density at radius 1 is 1.44 bits per heavy atom. The molecule has 3 atom stereocenters. The molecule has 2 aliphatic rings. The van der Waals surface area contributed by atoms with Gasteiger partial charge in [-0.2, -0.15) is 0 Å². The van der Waals surface area contributed by atoms with Crippen molar-refractivity contribution in [3.63, 3.8) is 0 Å². The molecule has 1 saturated heterocycles. The van der Waals surface area contributed by atoms with Gasteiger partial charge < -0.3 is 15.7 Å². The van der Waals surface area contributed by atoms with E-state index in [1.165, 1.54) is 11.1 Å². The van der Waals surface area contributed by atoms with Crippen molar-refractivity contribution in [2.75, 3.05) is 13.1 Å². The molecule has 4 heteroatoms. The van der Waals surface area contributed by atoms with Crippen LogP contribution in [-0.2, 0) is 11.2 Å². The Labute approximate surface area is 106 Å². The minimum atomic E-state index is -0.384. The summed E-state index contributed by atoms with van der Waals surface area (Å²) in [5, 5.41) is 15.4. The topological polar surface area (TPSA) is 61.4 Å². The maximum absolute atomic E-state index is 11.9. The highest BCUT2D eigenvalue weighted by Crippen LogP contribution is 2.33. The van der Waals surface area contributed by atoms with Crippen LogP contribution in [0.3, 0.4) is 0 Å². The Bertz CT molecular complexity index is 461. The molecule has 3 N–H and O–H groups in total. The summed E-state index contributed by atoms with van der Waals surface area (Å²) in [7, 11) is 0. The van der Waals surface area contributed by atoms with Gasteiger partial charge in [-0.25, -0.2) is 0 Å². The third-order valence-electron chi connectivity index (χ3n) is 3.91. The van der Waals surface area contributed by atoms with E-state index in [9.17, 15) is 9.90 Å². The summed E-state index contributed by atoms with van der Waals surface area (Å²) < 4.78 is 0. The van der Waals surface area contributed by atoms with Crippen molar-refractivity contribution in [1.29, 1.82) is 0 Å². The highest BCUT2D eigenvalue weighted by atomic mass is 16.3. The first-order valence-corrected chi connectivity index (χ1v) is 6.51. The second-order valence-electron chi connectivity index (χ2n) is 5.20. The van der Waals surface area contributed by atoms with Gasteiger partial charge in [0.05, 0.1) is 12.1 Å². The molecule has 1 fully saturated rings. The van der Waals surface area contributed by atoms with Gasteiger partial charge in [-0.15, -0.1) is 0 Å². The van der Waals surface area contributed by atoms with Crippen molar-refractivity contribution >= 4 is 5.91 Å². The predicted molar refractivity (Wildman–Crippen MR) is 68.3 cm³/mol. The maximum Gasteiger partial charge on any atom is 0.237 e. The molecule has 1 aliphatic heterocycles. The summed E-state index contributed by atoms with van der Waals surface area (Å²) in [6.45, 7) is 1.22. The lowest BCUT2D eigenvalue weighted by atomic mass is 9.77. The standard InChI is InChI=1S/C14H18N2O2/c17-11-6-13(15-8-11)14(18)16-7-10-5-9-3-1-2-4-12(9)10/h1-4,10-11,13,15,17H,5-8H2,(H,16,18). The fraction of sp³-hybridized carbons (Fsp3) is 0.500. The molecule has 0 bridgehead atoms. The van der Waals surface area contributed by atoms with E-state index in [0.29, 0.717) is 25.4 Å². The van der Waals surface area contributed by atoms with Gasteiger partial charge in [-0.3, -0.25) is 4.79 Å². The molecule has 18 heavy (non-hydrogen) atoms. The number of nitrogens with one attached hydrogen (secondary N) is 2. The largest absolute Gasteiger partial charge is 0.392 e. The fourth-order valence-electron chi connectivity index (χ4n) is 2.81. The van der Waals surface area contributed by atoms with Crippen LogP contribution >= 0.6 is 0 Å². The minimum absolute atomic E-state index is 0.0101. The van der Waals surface area contributed by atoms with E-state index in [2.05, 4.69) is 28.8 Å². The second kappa shape index (κ2) is 4.71. The number of carbonyl (C=O) groups is 1. The summed E-state index contributed by atoms with van der Waals surface area (Å²) >= 11 is 0. The SMILES string of the molecule is O=C(NCC1Cc2ccccc21)C1CC(O)CN1. The van der Waals surface area contributed by atoms with E-state index >= 15 is 0 Å². The first-order valence-electron chi connectivity index (χ1n) is 6.51. The van der Waals surface area contributed by atoms with Gasteiger partial charge in [0.2, 0.25) is 5.91 Å². The number of fused-ring (bicyclic) bond motifs is 1. The molecule has 3 rings (SSSR count). The highest BCUT2D eigenvalue weighted by molar-refractivity contribution is 5.82. The molecule has 1 amide bonds. The van der Waals surface area contributed by atoms with Crippen molar-refractivity contribution in [2.24, 2.45) is 0 Å². The van der Waals surface area contributed by atoms with Crippen LogP contribution in [0.5, 0.6) is 0 Å². The Balaban J connectivity index is 1.50. The van der Waals surface area contributed by atoms with Crippen molar-refractivity contribution in [3.05, 3.63) is 35.4 Å². The Hall–Kier alpha value is -1.39. The first-order chi connectivity index (χ1) is 8.74. The summed E-state index contributed by atoms with van der Waals surface area (Å²) in [4.78, 5) is 11.9. The molecule has 3 unspecified atom stereocenters. The number of carbonyl (C=O) groups excluding carboxylic acids is 1. The van der Waals surface area contributed by atoms with Gasteiger partial charge in [0.1, 0.15) is 0 Å². The van der Waals surface area contributed by atoms with E-state index in [4.69, 9.17) is 0 Å². The number of hydrogen-bond acceptors (Lipinski definition) is 3. The van der Waals surface area contributed by atoms with Crippen LogP contribution in [0.15, 0.2) is 24.3 Å².